The van der Waals surface area contributed by atoms with Crippen molar-refractivity contribution in [1.82, 2.24) is 5.32 Å². The summed E-state index contributed by atoms with van der Waals surface area (Å²) in [6.07, 6.45) is -1.90. The van der Waals surface area contributed by atoms with Gasteiger partial charge in [-0.2, -0.15) is 13.2 Å². The van der Waals surface area contributed by atoms with E-state index in [4.69, 9.17) is 0 Å². The molecule has 114 valence electrons. The Morgan fingerprint density at radius 3 is 2.60 bits per heavy atom. The molecule has 1 N–H and O–H groups in total. The average Bonchev–Trinajstić information content (AvgIpc) is 2.35. The molecule has 1 atom stereocenters. The first-order valence-corrected chi connectivity index (χ1v) is 7.22. The predicted octanol–water partition coefficient (Wildman–Crippen LogP) is 4.64. The highest BCUT2D eigenvalue weighted by atomic mass is 19.4. The second-order valence-electron chi connectivity index (χ2n) is 5.46. The fourth-order valence-electron chi connectivity index (χ4n) is 2.15. The number of halogens is 3. The highest BCUT2D eigenvalue weighted by molar-refractivity contribution is 5.22. The van der Waals surface area contributed by atoms with Crippen molar-refractivity contribution in [3.05, 3.63) is 35.4 Å². The zero-order valence-electron chi connectivity index (χ0n) is 12.3. The lowest BCUT2D eigenvalue weighted by Gasteiger charge is -2.14. The average molecular weight is 287 g/mol. The van der Waals surface area contributed by atoms with Crippen molar-refractivity contribution in [2.24, 2.45) is 0 Å². The number of nitrogens with one attached hydrogen (secondary N) is 1. The minimum Gasteiger partial charge on any atom is -0.314 e. The van der Waals surface area contributed by atoms with E-state index >= 15 is 0 Å². The first kappa shape index (κ1) is 17.0. The molecule has 0 bridgehead atoms. The van der Waals surface area contributed by atoms with Crippen LogP contribution in [0, 0.1) is 6.92 Å². The monoisotopic (exact) mass is 287 g/mol. The predicted molar refractivity (Wildman–Crippen MR) is 76.9 cm³/mol. The quantitative estimate of drug-likeness (QED) is 0.687. The highest BCUT2D eigenvalue weighted by Crippen LogP contribution is 2.21. The van der Waals surface area contributed by atoms with Gasteiger partial charge in [-0.3, -0.25) is 0 Å². The van der Waals surface area contributed by atoms with Gasteiger partial charge in [0.1, 0.15) is 0 Å². The van der Waals surface area contributed by atoms with Crippen molar-refractivity contribution >= 4 is 0 Å². The summed E-state index contributed by atoms with van der Waals surface area (Å²) in [5.41, 5.74) is 2.57. The van der Waals surface area contributed by atoms with Crippen LogP contribution in [0.3, 0.4) is 0 Å². The molecule has 0 aromatic heterocycles. The van der Waals surface area contributed by atoms with Crippen molar-refractivity contribution < 1.29 is 13.2 Å². The van der Waals surface area contributed by atoms with Crippen LogP contribution in [0.5, 0.6) is 0 Å². The van der Waals surface area contributed by atoms with Gasteiger partial charge in [-0.15, -0.1) is 0 Å². The largest absolute Gasteiger partial charge is 0.389 e. The Hall–Kier alpha value is -1.03. The van der Waals surface area contributed by atoms with E-state index in [-0.39, 0.29) is 6.42 Å². The van der Waals surface area contributed by atoms with Gasteiger partial charge in [-0.05, 0) is 51.6 Å². The van der Waals surface area contributed by atoms with Gasteiger partial charge in [0.05, 0.1) is 0 Å². The lowest BCUT2D eigenvalue weighted by molar-refractivity contribution is -0.135. The second-order valence-corrected chi connectivity index (χ2v) is 5.46. The summed E-state index contributed by atoms with van der Waals surface area (Å²) in [5.74, 6) is 0. The summed E-state index contributed by atoms with van der Waals surface area (Å²) >= 11 is 0. The van der Waals surface area contributed by atoms with Gasteiger partial charge in [0.25, 0.3) is 0 Å². The van der Waals surface area contributed by atoms with Crippen molar-refractivity contribution in [2.45, 2.75) is 58.2 Å². The lowest BCUT2D eigenvalue weighted by atomic mass is 10.0. The molecule has 0 fully saturated rings. The highest BCUT2D eigenvalue weighted by Gasteiger charge is 2.25. The fraction of sp³-hybridized carbons (Fsp3) is 0.625. The van der Waals surface area contributed by atoms with Crippen LogP contribution < -0.4 is 5.32 Å². The molecular formula is C16H24F3N. The Kier molecular flexibility index (Phi) is 7.06. The summed E-state index contributed by atoms with van der Waals surface area (Å²) in [6, 6.07) is 8.76. The third-order valence-electron chi connectivity index (χ3n) is 3.33. The van der Waals surface area contributed by atoms with E-state index in [1.807, 2.05) is 0 Å². The number of benzene rings is 1. The molecule has 0 aliphatic carbocycles. The number of hydrogen-bond donors (Lipinski definition) is 1. The molecule has 0 amide bonds. The van der Waals surface area contributed by atoms with Crippen LogP contribution in [-0.4, -0.2) is 18.8 Å². The summed E-state index contributed by atoms with van der Waals surface area (Å²) in [4.78, 5) is 0. The maximum atomic E-state index is 12.0. The Labute approximate surface area is 119 Å². The zero-order valence-corrected chi connectivity index (χ0v) is 12.3. The van der Waals surface area contributed by atoms with Crippen molar-refractivity contribution in [3.8, 4) is 0 Å². The second kappa shape index (κ2) is 8.30. The van der Waals surface area contributed by atoms with E-state index < -0.39 is 12.6 Å². The minimum absolute atomic E-state index is 0.209. The maximum Gasteiger partial charge on any atom is 0.389 e. The van der Waals surface area contributed by atoms with Crippen LogP contribution in [-0.2, 0) is 6.42 Å². The summed E-state index contributed by atoms with van der Waals surface area (Å²) < 4.78 is 35.9. The maximum absolute atomic E-state index is 12.0. The molecular weight excluding hydrogens is 263 g/mol. The topological polar surface area (TPSA) is 12.0 Å². The molecule has 1 nitrogen and oxygen atoms in total. The SMILES string of the molecule is Cc1cccc(CCC(C)NCCCCC(F)(F)F)c1. The van der Waals surface area contributed by atoms with Gasteiger partial charge in [-0.1, -0.05) is 29.8 Å². The van der Waals surface area contributed by atoms with Gasteiger partial charge in [0.2, 0.25) is 0 Å². The molecule has 0 radical (unpaired) electrons. The molecule has 20 heavy (non-hydrogen) atoms. The summed E-state index contributed by atoms with van der Waals surface area (Å²) in [5, 5.41) is 3.29. The van der Waals surface area contributed by atoms with E-state index in [9.17, 15) is 13.2 Å². The van der Waals surface area contributed by atoms with E-state index in [1.54, 1.807) is 0 Å². The molecule has 0 aliphatic rings. The molecule has 4 heteroatoms. The first-order valence-electron chi connectivity index (χ1n) is 7.22. The van der Waals surface area contributed by atoms with Crippen molar-refractivity contribution in [3.63, 3.8) is 0 Å². The Balaban J connectivity index is 2.10. The van der Waals surface area contributed by atoms with E-state index in [1.165, 1.54) is 11.1 Å². The number of aryl methyl sites for hydroxylation is 2. The van der Waals surface area contributed by atoms with Crippen LogP contribution in [0.4, 0.5) is 13.2 Å². The third kappa shape index (κ3) is 8.20. The summed E-state index contributed by atoms with van der Waals surface area (Å²) in [6.45, 7) is 4.82. The Morgan fingerprint density at radius 1 is 1.20 bits per heavy atom. The smallest absolute Gasteiger partial charge is 0.314 e. The molecule has 1 aromatic rings. The molecule has 0 spiro atoms. The van der Waals surface area contributed by atoms with Crippen LogP contribution in [0.1, 0.15) is 43.7 Å². The van der Waals surface area contributed by atoms with E-state index in [2.05, 4.69) is 43.4 Å². The molecule has 0 heterocycles. The standard InChI is InChI=1S/C16H24F3N/c1-13-6-5-7-15(12-13)9-8-14(2)20-11-4-3-10-16(17,18)19/h5-7,12,14,20H,3-4,8-11H2,1-2H3. The number of hydrogen-bond acceptors (Lipinski definition) is 1. The normalized spacial score (nSPS) is 13.4. The molecule has 1 aromatic carbocycles. The molecule has 0 saturated heterocycles. The molecule has 1 rings (SSSR count). The summed E-state index contributed by atoms with van der Waals surface area (Å²) in [7, 11) is 0. The lowest BCUT2D eigenvalue weighted by Crippen LogP contribution is -2.27. The van der Waals surface area contributed by atoms with Crippen LogP contribution >= 0.6 is 0 Å². The number of rotatable bonds is 8. The number of alkyl halides is 3. The van der Waals surface area contributed by atoms with Gasteiger partial charge >= 0.3 is 6.18 Å². The zero-order chi connectivity index (χ0) is 15.0. The molecule has 1 unspecified atom stereocenters. The van der Waals surface area contributed by atoms with Crippen LogP contribution in [0.15, 0.2) is 24.3 Å². The first-order chi connectivity index (χ1) is 9.37. The van der Waals surface area contributed by atoms with Gasteiger partial charge in [-0.25, -0.2) is 0 Å². The van der Waals surface area contributed by atoms with Crippen molar-refractivity contribution in [2.75, 3.05) is 6.54 Å². The van der Waals surface area contributed by atoms with Gasteiger partial charge in [0.15, 0.2) is 0 Å². The molecule has 0 saturated carbocycles. The fourth-order valence-corrected chi connectivity index (χ4v) is 2.15. The van der Waals surface area contributed by atoms with Gasteiger partial charge < -0.3 is 5.32 Å². The minimum atomic E-state index is -4.02. The number of unbranched alkanes of at least 4 members (excludes halogenated alkanes) is 1. The van der Waals surface area contributed by atoms with Crippen LogP contribution in [0.2, 0.25) is 0 Å². The third-order valence-corrected chi connectivity index (χ3v) is 3.33. The Morgan fingerprint density at radius 2 is 1.95 bits per heavy atom. The van der Waals surface area contributed by atoms with Gasteiger partial charge in [0, 0.05) is 12.5 Å². The van der Waals surface area contributed by atoms with Crippen LogP contribution in [0.25, 0.3) is 0 Å². The van der Waals surface area contributed by atoms with E-state index in [0.29, 0.717) is 19.0 Å². The Bertz CT molecular complexity index is 388. The van der Waals surface area contributed by atoms with E-state index in [0.717, 1.165) is 12.8 Å². The van der Waals surface area contributed by atoms with Crippen molar-refractivity contribution in [1.29, 1.82) is 0 Å². The molecule has 0 aliphatic heterocycles.